The van der Waals surface area contributed by atoms with Gasteiger partial charge in [-0.25, -0.2) is 0 Å². The summed E-state index contributed by atoms with van der Waals surface area (Å²) in [6.07, 6.45) is 4.36. The van der Waals surface area contributed by atoms with Gasteiger partial charge in [0.05, 0.1) is 17.4 Å². The summed E-state index contributed by atoms with van der Waals surface area (Å²) >= 11 is 0. The predicted molar refractivity (Wildman–Crippen MR) is 112 cm³/mol. The van der Waals surface area contributed by atoms with Crippen LogP contribution >= 0.6 is 0 Å². The van der Waals surface area contributed by atoms with Crippen LogP contribution in [-0.4, -0.2) is 27.8 Å². The number of nitrogens with one attached hydrogen (secondary N) is 1. The highest BCUT2D eigenvalue weighted by Gasteiger charge is 2.09. The molecule has 0 fully saturated rings. The molecule has 0 saturated heterocycles. The summed E-state index contributed by atoms with van der Waals surface area (Å²) in [6.45, 7) is 4.55. The minimum absolute atomic E-state index is 0.0744. The lowest BCUT2D eigenvalue weighted by atomic mass is 10.0. The molecule has 1 atom stereocenters. The zero-order valence-electron chi connectivity index (χ0n) is 16.1. The van der Waals surface area contributed by atoms with Crippen molar-refractivity contribution in [1.82, 2.24) is 15.2 Å². The topological polar surface area (TPSA) is 76.8 Å². The molecule has 2 aromatic heterocycles. The monoisotopic (exact) mass is 372 g/mol. The molecule has 0 radical (unpaired) electrons. The average Bonchev–Trinajstić information content (AvgIpc) is 3.09. The van der Waals surface area contributed by atoms with Gasteiger partial charge >= 0.3 is 0 Å². The van der Waals surface area contributed by atoms with Crippen LogP contribution in [0, 0.1) is 13.8 Å². The Labute approximate surface area is 164 Å². The maximum Gasteiger partial charge on any atom is 0.138 e. The van der Waals surface area contributed by atoms with Crippen molar-refractivity contribution in [3.8, 4) is 16.9 Å². The number of pyridine rings is 1. The van der Waals surface area contributed by atoms with Crippen LogP contribution < -0.4 is 10.5 Å². The third-order valence-corrected chi connectivity index (χ3v) is 5.01. The van der Waals surface area contributed by atoms with E-state index in [-0.39, 0.29) is 6.04 Å². The van der Waals surface area contributed by atoms with E-state index in [1.165, 1.54) is 11.1 Å². The Balaban J connectivity index is 1.46. The first-order chi connectivity index (χ1) is 13.6. The van der Waals surface area contributed by atoms with Gasteiger partial charge in [0.25, 0.3) is 0 Å². The van der Waals surface area contributed by atoms with Crippen molar-refractivity contribution in [2.75, 3.05) is 6.61 Å². The van der Waals surface area contributed by atoms with E-state index < -0.39 is 0 Å². The zero-order chi connectivity index (χ0) is 19.5. The molecule has 0 aliphatic rings. The fourth-order valence-corrected chi connectivity index (χ4v) is 3.36. The van der Waals surface area contributed by atoms with E-state index in [1.54, 1.807) is 6.20 Å². The molecule has 5 heteroatoms. The average molecular weight is 372 g/mol. The molecule has 2 aromatic carbocycles. The second-order valence-corrected chi connectivity index (χ2v) is 7.18. The molecule has 0 bridgehead atoms. The Hall–Kier alpha value is -3.18. The number of nitrogens with zero attached hydrogens (tertiary/aromatic N) is 2. The molecule has 0 aliphatic heterocycles. The third kappa shape index (κ3) is 3.89. The lowest BCUT2D eigenvalue weighted by Gasteiger charge is -2.15. The Morgan fingerprint density at radius 1 is 1.04 bits per heavy atom. The number of fused-ring (bicyclic) bond motifs is 1. The molecule has 0 spiro atoms. The maximum absolute atomic E-state index is 6.28. The second kappa shape index (κ2) is 7.82. The molecular weight excluding hydrogens is 348 g/mol. The second-order valence-electron chi connectivity index (χ2n) is 7.18. The van der Waals surface area contributed by atoms with Gasteiger partial charge < -0.3 is 10.5 Å². The summed E-state index contributed by atoms with van der Waals surface area (Å²) in [5.74, 6) is 0.724. The normalized spacial score (nSPS) is 12.2. The lowest BCUT2D eigenvalue weighted by Crippen LogP contribution is -2.30. The number of rotatable bonds is 6. The highest BCUT2D eigenvalue weighted by Crippen LogP contribution is 2.27. The maximum atomic E-state index is 6.28. The molecule has 3 N–H and O–H groups in total. The number of nitrogens with two attached hydrogens (primary N) is 1. The standard InChI is InChI=1S/C23H24N4O/c1-15-5-3-4-6-17(15)9-20(24)14-28-21-10-19(12-25-13-21)18-7-8-23-22(11-18)16(2)26-27-23/h3-8,10-13,20H,9,14,24H2,1-2H3,(H,26,27). The summed E-state index contributed by atoms with van der Waals surface area (Å²) < 4.78 is 5.93. The number of hydrogen-bond donors (Lipinski definition) is 2. The first kappa shape index (κ1) is 18.2. The number of hydrogen-bond acceptors (Lipinski definition) is 4. The van der Waals surface area contributed by atoms with E-state index >= 15 is 0 Å². The molecule has 1 unspecified atom stereocenters. The highest BCUT2D eigenvalue weighted by molar-refractivity contribution is 5.86. The van der Waals surface area contributed by atoms with Crippen LogP contribution in [-0.2, 0) is 6.42 Å². The van der Waals surface area contributed by atoms with Crippen molar-refractivity contribution in [3.05, 3.63) is 77.7 Å². The fraction of sp³-hybridized carbons (Fsp3) is 0.217. The van der Waals surface area contributed by atoms with E-state index in [2.05, 4.69) is 46.4 Å². The molecule has 4 rings (SSSR count). The molecule has 5 nitrogen and oxygen atoms in total. The molecule has 4 aromatic rings. The van der Waals surface area contributed by atoms with Crippen LogP contribution in [0.25, 0.3) is 22.0 Å². The Morgan fingerprint density at radius 2 is 1.89 bits per heavy atom. The zero-order valence-corrected chi connectivity index (χ0v) is 16.1. The van der Waals surface area contributed by atoms with Gasteiger partial charge in [-0.15, -0.1) is 0 Å². The summed E-state index contributed by atoms with van der Waals surface area (Å²) in [5.41, 5.74) is 12.9. The number of ether oxygens (including phenoxy) is 1. The quantitative estimate of drug-likeness (QED) is 0.532. The third-order valence-electron chi connectivity index (χ3n) is 5.01. The Kier molecular flexibility index (Phi) is 5.08. The summed E-state index contributed by atoms with van der Waals surface area (Å²) in [5, 5.41) is 8.40. The number of aromatic nitrogens is 3. The summed E-state index contributed by atoms with van der Waals surface area (Å²) in [6, 6.07) is 16.5. The largest absolute Gasteiger partial charge is 0.490 e. The van der Waals surface area contributed by atoms with Gasteiger partial charge in [-0.2, -0.15) is 5.10 Å². The van der Waals surface area contributed by atoms with E-state index in [0.29, 0.717) is 6.61 Å². The molecule has 0 amide bonds. The minimum atomic E-state index is -0.0744. The Bertz CT molecular complexity index is 1100. The molecule has 142 valence electrons. The van der Waals surface area contributed by atoms with Crippen LogP contribution in [0.3, 0.4) is 0 Å². The number of H-pyrrole nitrogens is 1. The van der Waals surface area contributed by atoms with Crippen LogP contribution in [0.15, 0.2) is 60.9 Å². The number of aromatic amines is 1. The van der Waals surface area contributed by atoms with Gasteiger partial charge in [-0.05, 0) is 55.2 Å². The molecule has 0 saturated carbocycles. The van der Waals surface area contributed by atoms with E-state index in [1.807, 2.05) is 37.4 Å². The van der Waals surface area contributed by atoms with Crippen LogP contribution in [0.2, 0.25) is 0 Å². The minimum Gasteiger partial charge on any atom is -0.490 e. The van der Waals surface area contributed by atoms with Crippen molar-refractivity contribution in [3.63, 3.8) is 0 Å². The first-order valence-corrected chi connectivity index (χ1v) is 9.43. The molecule has 2 heterocycles. The first-order valence-electron chi connectivity index (χ1n) is 9.43. The van der Waals surface area contributed by atoms with Crippen LogP contribution in [0.5, 0.6) is 5.75 Å². The Morgan fingerprint density at radius 3 is 2.75 bits per heavy atom. The SMILES string of the molecule is Cc1ccccc1CC(N)COc1cncc(-c2ccc3[nH]nc(C)c3c2)c1. The van der Waals surface area contributed by atoms with Crippen molar-refractivity contribution < 1.29 is 4.74 Å². The van der Waals surface area contributed by atoms with E-state index in [4.69, 9.17) is 10.5 Å². The summed E-state index contributed by atoms with van der Waals surface area (Å²) in [7, 11) is 0. The molecule has 0 aliphatic carbocycles. The van der Waals surface area contributed by atoms with Gasteiger partial charge in [-0.3, -0.25) is 10.1 Å². The van der Waals surface area contributed by atoms with Crippen LogP contribution in [0.4, 0.5) is 0 Å². The highest BCUT2D eigenvalue weighted by atomic mass is 16.5. The summed E-state index contributed by atoms with van der Waals surface area (Å²) in [4.78, 5) is 4.34. The lowest BCUT2D eigenvalue weighted by molar-refractivity contribution is 0.286. The molecular formula is C23H24N4O. The van der Waals surface area contributed by atoms with Crippen molar-refractivity contribution in [1.29, 1.82) is 0 Å². The van der Waals surface area contributed by atoms with Gasteiger partial charge in [-0.1, -0.05) is 30.3 Å². The van der Waals surface area contributed by atoms with E-state index in [9.17, 15) is 0 Å². The predicted octanol–water partition coefficient (Wildman–Crippen LogP) is 4.19. The number of benzene rings is 2. The van der Waals surface area contributed by atoms with Gasteiger partial charge in [0, 0.05) is 23.2 Å². The van der Waals surface area contributed by atoms with E-state index in [0.717, 1.165) is 39.9 Å². The van der Waals surface area contributed by atoms with Crippen molar-refractivity contribution in [2.24, 2.45) is 5.73 Å². The van der Waals surface area contributed by atoms with Gasteiger partial charge in [0.1, 0.15) is 12.4 Å². The fourth-order valence-electron chi connectivity index (χ4n) is 3.36. The smallest absolute Gasteiger partial charge is 0.138 e. The van der Waals surface area contributed by atoms with Gasteiger partial charge in [0.15, 0.2) is 0 Å². The van der Waals surface area contributed by atoms with Crippen molar-refractivity contribution >= 4 is 10.9 Å². The van der Waals surface area contributed by atoms with Gasteiger partial charge in [0.2, 0.25) is 0 Å². The van der Waals surface area contributed by atoms with Crippen LogP contribution in [0.1, 0.15) is 16.8 Å². The number of aryl methyl sites for hydroxylation is 2. The molecule has 28 heavy (non-hydrogen) atoms. The van der Waals surface area contributed by atoms with Crippen molar-refractivity contribution in [2.45, 2.75) is 26.3 Å².